The van der Waals surface area contributed by atoms with Gasteiger partial charge in [0.25, 0.3) is 0 Å². The highest BCUT2D eigenvalue weighted by molar-refractivity contribution is 6.32. The minimum atomic E-state index is -0.342. The van der Waals surface area contributed by atoms with Gasteiger partial charge in [-0.05, 0) is 74.5 Å². The van der Waals surface area contributed by atoms with E-state index in [1.807, 2.05) is 56.3 Å². The van der Waals surface area contributed by atoms with E-state index < -0.39 is 0 Å². The van der Waals surface area contributed by atoms with Gasteiger partial charge >= 0.3 is 0 Å². The van der Waals surface area contributed by atoms with E-state index in [0.29, 0.717) is 26.1 Å². The standard InChI is InChI=1S/C33H41ClN2O3/c1-25-9-7-12-29(17-25)21-35-14-8-13-33(23-35,24-39-30-18-26(2)32(34)27(3)19-30)20-31(38)36(15-16-37)22-28-10-5-4-6-11-28/h4-7,9-12,17-19,37H,8,13-16,20-24H2,1-3H3. The minimum Gasteiger partial charge on any atom is -0.493 e. The van der Waals surface area contributed by atoms with Gasteiger partial charge in [-0.15, -0.1) is 0 Å². The lowest BCUT2D eigenvalue weighted by Crippen LogP contribution is -2.49. The fourth-order valence-electron chi connectivity index (χ4n) is 5.70. The number of halogens is 1. The second kappa shape index (κ2) is 13.5. The number of ether oxygens (including phenoxy) is 1. The first-order valence-corrected chi connectivity index (χ1v) is 14.2. The normalized spacial score (nSPS) is 17.7. The van der Waals surface area contributed by atoms with Crippen molar-refractivity contribution in [2.75, 3.05) is 32.8 Å². The average molecular weight is 549 g/mol. The number of amides is 1. The molecule has 1 unspecified atom stereocenters. The van der Waals surface area contributed by atoms with Gasteiger partial charge in [0.15, 0.2) is 0 Å². The van der Waals surface area contributed by atoms with Gasteiger partial charge in [-0.3, -0.25) is 9.69 Å². The zero-order valence-corrected chi connectivity index (χ0v) is 24.2. The average Bonchev–Trinajstić information content (AvgIpc) is 2.91. The molecule has 3 aromatic carbocycles. The molecule has 39 heavy (non-hydrogen) atoms. The molecule has 208 valence electrons. The number of hydrogen-bond acceptors (Lipinski definition) is 4. The summed E-state index contributed by atoms with van der Waals surface area (Å²) in [6.45, 7) is 9.89. The third-order valence-electron chi connectivity index (χ3n) is 7.65. The highest BCUT2D eigenvalue weighted by Gasteiger charge is 2.39. The van der Waals surface area contributed by atoms with Crippen molar-refractivity contribution in [2.24, 2.45) is 5.41 Å². The maximum Gasteiger partial charge on any atom is 0.223 e. The first-order chi connectivity index (χ1) is 18.8. The Hall–Kier alpha value is -2.86. The molecule has 6 heteroatoms. The summed E-state index contributed by atoms with van der Waals surface area (Å²) < 4.78 is 6.44. The molecule has 0 spiro atoms. The third-order valence-corrected chi connectivity index (χ3v) is 8.25. The van der Waals surface area contributed by atoms with Crippen LogP contribution < -0.4 is 4.74 Å². The highest BCUT2D eigenvalue weighted by Crippen LogP contribution is 2.37. The van der Waals surface area contributed by atoms with E-state index >= 15 is 0 Å². The number of aliphatic hydroxyl groups is 1. The summed E-state index contributed by atoms with van der Waals surface area (Å²) in [7, 11) is 0. The Bertz CT molecular complexity index is 1230. The third kappa shape index (κ3) is 8.07. The highest BCUT2D eigenvalue weighted by atomic mass is 35.5. The fraction of sp³-hybridized carbons (Fsp3) is 0.424. The van der Waals surface area contributed by atoms with E-state index in [1.54, 1.807) is 4.90 Å². The number of benzene rings is 3. The van der Waals surface area contributed by atoms with Gasteiger partial charge in [0.05, 0.1) is 13.2 Å². The summed E-state index contributed by atoms with van der Waals surface area (Å²) in [4.78, 5) is 18.1. The van der Waals surface area contributed by atoms with Crippen LogP contribution >= 0.6 is 11.6 Å². The van der Waals surface area contributed by atoms with Crippen LogP contribution in [0.5, 0.6) is 5.75 Å². The lowest BCUT2D eigenvalue weighted by Gasteiger charge is -2.43. The summed E-state index contributed by atoms with van der Waals surface area (Å²) in [6.07, 6.45) is 2.28. The van der Waals surface area contributed by atoms with Gasteiger partial charge in [0, 0.05) is 43.0 Å². The van der Waals surface area contributed by atoms with Crippen molar-refractivity contribution in [1.82, 2.24) is 9.80 Å². The number of carbonyl (C=O) groups excluding carboxylic acids is 1. The number of hydrogen-bond donors (Lipinski definition) is 1. The molecular formula is C33H41ClN2O3. The van der Waals surface area contributed by atoms with Gasteiger partial charge in [-0.25, -0.2) is 0 Å². The first-order valence-electron chi connectivity index (χ1n) is 13.9. The van der Waals surface area contributed by atoms with Crippen LogP contribution in [0.1, 0.15) is 47.1 Å². The van der Waals surface area contributed by atoms with Crippen molar-refractivity contribution in [3.8, 4) is 5.75 Å². The van der Waals surface area contributed by atoms with Gasteiger partial charge in [0.1, 0.15) is 5.75 Å². The molecule has 0 aliphatic carbocycles. The predicted octanol–water partition coefficient (Wildman–Crippen LogP) is 6.34. The van der Waals surface area contributed by atoms with Gasteiger partial charge < -0.3 is 14.7 Å². The van der Waals surface area contributed by atoms with Crippen LogP contribution in [0.15, 0.2) is 66.7 Å². The molecule has 0 radical (unpaired) electrons. The van der Waals surface area contributed by atoms with Crippen molar-refractivity contribution in [1.29, 1.82) is 0 Å². The smallest absolute Gasteiger partial charge is 0.223 e. The number of piperidine rings is 1. The Kier molecular flexibility index (Phi) is 10.1. The van der Waals surface area contributed by atoms with Crippen LogP contribution in [0, 0.1) is 26.2 Å². The number of aryl methyl sites for hydroxylation is 3. The molecule has 1 atom stereocenters. The second-order valence-corrected chi connectivity index (χ2v) is 11.5. The molecule has 5 nitrogen and oxygen atoms in total. The van der Waals surface area contributed by atoms with E-state index in [0.717, 1.165) is 59.9 Å². The van der Waals surface area contributed by atoms with Crippen LogP contribution in [-0.4, -0.2) is 53.7 Å². The lowest BCUT2D eigenvalue weighted by atomic mass is 9.77. The summed E-state index contributed by atoms with van der Waals surface area (Å²) in [5.41, 5.74) is 5.22. The molecular weight excluding hydrogens is 508 g/mol. The van der Waals surface area contributed by atoms with E-state index in [9.17, 15) is 9.90 Å². The van der Waals surface area contributed by atoms with Crippen LogP contribution in [0.3, 0.4) is 0 Å². The number of nitrogens with zero attached hydrogens (tertiary/aromatic N) is 2. The van der Waals surface area contributed by atoms with Crippen LogP contribution in [-0.2, 0) is 17.9 Å². The van der Waals surface area contributed by atoms with Crippen molar-refractivity contribution >= 4 is 17.5 Å². The zero-order valence-electron chi connectivity index (χ0n) is 23.5. The van der Waals surface area contributed by atoms with Crippen LogP contribution in [0.25, 0.3) is 0 Å². The van der Waals surface area contributed by atoms with Gasteiger partial charge in [-0.2, -0.15) is 0 Å². The minimum absolute atomic E-state index is 0.0531. The number of carbonyl (C=O) groups is 1. The largest absolute Gasteiger partial charge is 0.493 e. The number of aliphatic hydroxyl groups excluding tert-OH is 1. The summed E-state index contributed by atoms with van der Waals surface area (Å²) in [5, 5.41) is 10.5. The molecule has 0 aromatic heterocycles. The van der Waals surface area contributed by atoms with Gasteiger partial charge in [0.2, 0.25) is 5.91 Å². The van der Waals surface area contributed by atoms with Crippen molar-refractivity contribution in [3.63, 3.8) is 0 Å². The Morgan fingerprint density at radius 1 is 1.03 bits per heavy atom. The molecule has 1 fully saturated rings. The zero-order chi connectivity index (χ0) is 27.8. The molecule has 1 amide bonds. The van der Waals surface area contributed by atoms with E-state index in [-0.39, 0.29) is 17.9 Å². The molecule has 1 saturated heterocycles. The lowest BCUT2D eigenvalue weighted by molar-refractivity contribution is -0.137. The maximum atomic E-state index is 13.8. The van der Waals surface area contributed by atoms with E-state index in [1.165, 1.54) is 11.1 Å². The second-order valence-electron chi connectivity index (χ2n) is 11.2. The fourth-order valence-corrected chi connectivity index (χ4v) is 5.81. The molecule has 4 rings (SSSR count). The Balaban J connectivity index is 1.56. The monoisotopic (exact) mass is 548 g/mol. The van der Waals surface area contributed by atoms with E-state index in [2.05, 4.69) is 36.1 Å². The molecule has 1 heterocycles. The van der Waals surface area contributed by atoms with E-state index in [4.69, 9.17) is 16.3 Å². The summed E-state index contributed by atoms with van der Waals surface area (Å²) in [6, 6.07) is 22.6. The van der Waals surface area contributed by atoms with Crippen molar-refractivity contribution in [2.45, 2.75) is 53.1 Å². The number of likely N-dealkylation sites (tertiary alicyclic amines) is 1. The van der Waals surface area contributed by atoms with Crippen molar-refractivity contribution < 1.29 is 14.6 Å². The molecule has 0 saturated carbocycles. The predicted molar refractivity (Wildman–Crippen MR) is 158 cm³/mol. The molecule has 1 aliphatic heterocycles. The summed E-state index contributed by atoms with van der Waals surface area (Å²) >= 11 is 6.40. The topological polar surface area (TPSA) is 53.0 Å². The quantitative estimate of drug-likeness (QED) is 0.304. The van der Waals surface area contributed by atoms with Crippen LogP contribution in [0.4, 0.5) is 0 Å². The molecule has 3 aromatic rings. The molecule has 0 bridgehead atoms. The maximum absolute atomic E-state index is 13.8. The van der Waals surface area contributed by atoms with Crippen LogP contribution in [0.2, 0.25) is 5.02 Å². The Morgan fingerprint density at radius 3 is 2.44 bits per heavy atom. The number of rotatable bonds is 11. The van der Waals surface area contributed by atoms with Crippen molar-refractivity contribution in [3.05, 3.63) is 99.6 Å². The Morgan fingerprint density at radius 2 is 1.74 bits per heavy atom. The summed E-state index contributed by atoms with van der Waals surface area (Å²) in [5.74, 6) is 0.839. The first kappa shape index (κ1) is 29.1. The van der Waals surface area contributed by atoms with Gasteiger partial charge in [-0.1, -0.05) is 71.8 Å². The molecule has 1 aliphatic rings. The SMILES string of the molecule is Cc1cccc(CN2CCCC(COc3cc(C)c(Cl)c(C)c3)(CC(=O)N(CCO)Cc3ccccc3)C2)c1. The molecule has 1 N–H and O–H groups in total. The Labute approximate surface area is 238 Å².